The van der Waals surface area contributed by atoms with E-state index in [-0.39, 0.29) is 11.1 Å². The summed E-state index contributed by atoms with van der Waals surface area (Å²) in [6.07, 6.45) is 0. The Morgan fingerprint density at radius 1 is 1.29 bits per heavy atom. The summed E-state index contributed by atoms with van der Waals surface area (Å²) in [5, 5.41) is 3.42. The van der Waals surface area contributed by atoms with Crippen LogP contribution < -0.4 is 10.1 Å². The number of benzene rings is 2. The van der Waals surface area contributed by atoms with Crippen LogP contribution in [0.1, 0.15) is 24.1 Å². The summed E-state index contributed by atoms with van der Waals surface area (Å²) in [4.78, 5) is 0. The predicted molar refractivity (Wildman–Crippen MR) is 87.6 cm³/mol. The molecule has 2 aromatic rings. The molecule has 0 aliphatic rings. The van der Waals surface area contributed by atoms with Crippen molar-refractivity contribution in [1.82, 2.24) is 5.32 Å². The first-order valence-corrected chi connectivity index (χ1v) is 7.76. The van der Waals surface area contributed by atoms with Crippen molar-refractivity contribution in [3.63, 3.8) is 0 Å². The lowest BCUT2D eigenvalue weighted by atomic mass is 9.98. The molecular formula is C16H16BrClFNO. The standard InChI is InChI=1S/C16H16BrClFNO/c1-3-20-16(12-5-4-6-14(18)15(12)19)11-8-7-10(21-2)9-13(11)17/h4-9,16,20H,3H2,1-2H3. The zero-order chi connectivity index (χ0) is 15.4. The van der Waals surface area contributed by atoms with Gasteiger partial charge in [0.1, 0.15) is 11.6 Å². The Morgan fingerprint density at radius 3 is 2.67 bits per heavy atom. The van der Waals surface area contributed by atoms with Crippen molar-refractivity contribution in [2.24, 2.45) is 0 Å². The molecule has 2 nitrogen and oxygen atoms in total. The van der Waals surface area contributed by atoms with E-state index in [0.717, 1.165) is 15.8 Å². The van der Waals surface area contributed by atoms with E-state index in [1.165, 1.54) is 0 Å². The van der Waals surface area contributed by atoms with Crippen LogP contribution in [0.25, 0.3) is 0 Å². The second kappa shape index (κ2) is 7.25. The minimum absolute atomic E-state index is 0.125. The lowest BCUT2D eigenvalue weighted by molar-refractivity contribution is 0.414. The van der Waals surface area contributed by atoms with Crippen LogP contribution in [0.5, 0.6) is 5.75 Å². The highest BCUT2D eigenvalue weighted by Crippen LogP contribution is 2.34. The molecule has 1 N–H and O–H groups in total. The van der Waals surface area contributed by atoms with Crippen LogP contribution >= 0.6 is 27.5 Å². The van der Waals surface area contributed by atoms with Crippen molar-refractivity contribution in [3.8, 4) is 5.75 Å². The number of hydrogen-bond acceptors (Lipinski definition) is 2. The van der Waals surface area contributed by atoms with Crippen LogP contribution in [0, 0.1) is 5.82 Å². The molecule has 5 heteroatoms. The third-order valence-corrected chi connectivity index (χ3v) is 4.20. The maximum Gasteiger partial charge on any atom is 0.146 e. The highest BCUT2D eigenvalue weighted by Gasteiger charge is 2.20. The summed E-state index contributed by atoms with van der Waals surface area (Å²) < 4.78 is 20.4. The summed E-state index contributed by atoms with van der Waals surface area (Å²) in [6.45, 7) is 2.68. The number of halogens is 3. The SMILES string of the molecule is CCNC(c1ccc(OC)cc1Br)c1cccc(Cl)c1F. The summed E-state index contributed by atoms with van der Waals surface area (Å²) in [5.41, 5.74) is 1.45. The number of ether oxygens (including phenoxy) is 1. The summed E-state index contributed by atoms with van der Waals surface area (Å²) >= 11 is 9.42. The van der Waals surface area contributed by atoms with Gasteiger partial charge in [0.15, 0.2) is 0 Å². The first kappa shape index (κ1) is 16.3. The highest BCUT2D eigenvalue weighted by molar-refractivity contribution is 9.10. The maximum atomic E-state index is 14.3. The second-order valence-corrected chi connectivity index (χ2v) is 5.78. The largest absolute Gasteiger partial charge is 0.497 e. The lowest BCUT2D eigenvalue weighted by Gasteiger charge is -2.21. The molecule has 2 aromatic carbocycles. The topological polar surface area (TPSA) is 21.3 Å². The quantitative estimate of drug-likeness (QED) is 0.802. The fourth-order valence-corrected chi connectivity index (χ4v) is 2.97. The van der Waals surface area contributed by atoms with E-state index in [9.17, 15) is 4.39 Å². The molecule has 0 saturated heterocycles. The first-order valence-electron chi connectivity index (χ1n) is 6.59. The fraction of sp³-hybridized carbons (Fsp3) is 0.250. The van der Waals surface area contributed by atoms with E-state index in [2.05, 4.69) is 21.2 Å². The molecule has 0 aliphatic heterocycles. The zero-order valence-corrected chi connectivity index (χ0v) is 14.1. The monoisotopic (exact) mass is 371 g/mol. The van der Waals surface area contributed by atoms with Crippen molar-refractivity contribution >= 4 is 27.5 Å². The number of rotatable bonds is 5. The van der Waals surface area contributed by atoms with Crippen molar-refractivity contribution in [2.75, 3.05) is 13.7 Å². The Bertz CT molecular complexity index is 636. The molecule has 0 aromatic heterocycles. The summed E-state index contributed by atoms with van der Waals surface area (Å²) in [7, 11) is 1.61. The van der Waals surface area contributed by atoms with Crippen molar-refractivity contribution in [3.05, 3.63) is 62.8 Å². The smallest absolute Gasteiger partial charge is 0.146 e. The molecule has 0 bridgehead atoms. The third-order valence-electron chi connectivity index (χ3n) is 3.22. The Hall–Kier alpha value is -1.10. The molecule has 21 heavy (non-hydrogen) atoms. The first-order chi connectivity index (χ1) is 10.1. The molecule has 0 radical (unpaired) electrons. The third kappa shape index (κ3) is 3.57. The molecule has 1 atom stereocenters. The van der Waals surface area contributed by atoms with E-state index in [1.807, 2.05) is 25.1 Å². The van der Waals surface area contributed by atoms with Crippen LogP contribution in [-0.2, 0) is 0 Å². The van der Waals surface area contributed by atoms with Crippen molar-refractivity contribution in [1.29, 1.82) is 0 Å². The van der Waals surface area contributed by atoms with Gasteiger partial charge in [-0.2, -0.15) is 0 Å². The van der Waals surface area contributed by atoms with Crippen LogP contribution in [0.2, 0.25) is 5.02 Å². The van der Waals surface area contributed by atoms with Gasteiger partial charge in [-0.15, -0.1) is 0 Å². The normalized spacial score (nSPS) is 12.2. The van der Waals surface area contributed by atoms with E-state index >= 15 is 0 Å². The molecule has 1 unspecified atom stereocenters. The van der Waals surface area contributed by atoms with Crippen LogP contribution in [-0.4, -0.2) is 13.7 Å². The van der Waals surface area contributed by atoms with Gasteiger partial charge in [-0.05, 0) is 30.3 Å². The van der Waals surface area contributed by atoms with Gasteiger partial charge in [-0.25, -0.2) is 4.39 Å². The van der Waals surface area contributed by atoms with Crippen molar-refractivity contribution < 1.29 is 9.13 Å². The molecule has 0 fully saturated rings. The van der Waals surface area contributed by atoms with Crippen LogP contribution in [0.15, 0.2) is 40.9 Å². The minimum Gasteiger partial charge on any atom is -0.497 e. The Morgan fingerprint density at radius 2 is 2.05 bits per heavy atom. The van der Waals surface area contributed by atoms with Gasteiger partial charge in [-0.1, -0.05) is 52.7 Å². The van der Waals surface area contributed by atoms with Gasteiger partial charge in [-0.3, -0.25) is 0 Å². The average Bonchev–Trinajstić information content (AvgIpc) is 2.48. The highest BCUT2D eigenvalue weighted by atomic mass is 79.9. The second-order valence-electron chi connectivity index (χ2n) is 4.52. The number of methoxy groups -OCH3 is 1. The van der Waals surface area contributed by atoms with Crippen LogP contribution in [0.4, 0.5) is 4.39 Å². The number of hydrogen-bond donors (Lipinski definition) is 1. The fourth-order valence-electron chi connectivity index (χ4n) is 2.20. The molecule has 0 spiro atoms. The average molecular weight is 373 g/mol. The molecule has 2 rings (SSSR count). The molecule has 0 aliphatic carbocycles. The molecule has 112 valence electrons. The maximum absolute atomic E-state index is 14.3. The Balaban J connectivity index is 2.51. The number of nitrogens with one attached hydrogen (secondary N) is 1. The van der Waals surface area contributed by atoms with Gasteiger partial charge < -0.3 is 10.1 Å². The Kier molecular flexibility index (Phi) is 5.62. The molecule has 0 saturated carbocycles. The molecule has 0 amide bonds. The van der Waals surface area contributed by atoms with Crippen molar-refractivity contribution in [2.45, 2.75) is 13.0 Å². The van der Waals surface area contributed by atoms with Crippen LogP contribution in [0.3, 0.4) is 0 Å². The molecule has 0 heterocycles. The zero-order valence-electron chi connectivity index (χ0n) is 11.8. The predicted octanol–water partition coefficient (Wildman–Crippen LogP) is 4.95. The van der Waals surface area contributed by atoms with Gasteiger partial charge in [0.25, 0.3) is 0 Å². The lowest BCUT2D eigenvalue weighted by Crippen LogP contribution is -2.23. The van der Waals surface area contributed by atoms with E-state index in [1.54, 1.807) is 25.3 Å². The van der Waals surface area contributed by atoms with Gasteiger partial charge >= 0.3 is 0 Å². The minimum atomic E-state index is -0.396. The van der Waals surface area contributed by atoms with E-state index in [0.29, 0.717) is 12.1 Å². The Labute approximate surface area is 137 Å². The van der Waals surface area contributed by atoms with E-state index < -0.39 is 5.82 Å². The summed E-state index contributed by atoms with van der Waals surface area (Å²) in [5.74, 6) is 0.347. The molecular weight excluding hydrogens is 357 g/mol. The summed E-state index contributed by atoms with van der Waals surface area (Å²) in [6, 6.07) is 10.4. The van der Waals surface area contributed by atoms with Gasteiger partial charge in [0, 0.05) is 10.0 Å². The van der Waals surface area contributed by atoms with E-state index in [4.69, 9.17) is 16.3 Å². The van der Waals surface area contributed by atoms with Gasteiger partial charge in [0.05, 0.1) is 18.2 Å². The van der Waals surface area contributed by atoms with Gasteiger partial charge in [0.2, 0.25) is 0 Å².